The Balaban J connectivity index is 0.623. The third-order valence-electron chi connectivity index (χ3n) is 16.7. The van der Waals surface area contributed by atoms with E-state index in [4.69, 9.17) is 65.4 Å². The molecule has 0 saturated heterocycles. The highest BCUT2D eigenvalue weighted by Gasteiger charge is 2.49. The number of carbonyl (C=O) groups excluding carboxylic acids is 2. The standard InChI is InChI=1S/C68H76Cl4N6O10/c1-76(30-10-8-12-46-34-60(72)48(36-58(46)70)44-86-68(25-26-68)56-38-74-29-22-52(56)54-14-5-7-16-62(54)88-50-19-20-50)64(80)40-78(42-66(83)84)32-31-77(41-65(81)82)39-63(79)75-27-9-2-3-11-45-33-59(71)47(35-57(45)69)43-85-67(23-24-67)55-37-73-28-21-51(55)53-13-4-6-15-61(53)87-49-17-18-49/h4-7,13-16,21-22,28-29,33-38,49-50H,2-3,8-12,17-20,23-27,30-32,39-44H2,1H3,(H,75,79)(H,81,82)(H,83,84). The van der Waals surface area contributed by atoms with Gasteiger partial charge >= 0.3 is 11.9 Å². The number of pyridine rings is 2. The van der Waals surface area contributed by atoms with Gasteiger partial charge in [-0.1, -0.05) is 89.2 Å². The summed E-state index contributed by atoms with van der Waals surface area (Å²) in [7, 11) is 1.66. The van der Waals surface area contributed by atoms with Crippen LogP contribution in [-0.4, -0.2) is 130 Å². The lowest BCUT2D eigenvalue weighted by molar-refractivity contribution is -0.142. The second-order valence-electron chi connectivity index (χ2n) is 23.7. The van der Waals surface area contributed by atoms with Crippen LogP contribution < -0.4 is 14.8 Å². The van der Waals surface area contributed by atoms with Crippen LogP contribution in [0.2, 0.25) is 20.1 Å². The highest BCUT2D eigenvalue weighted by molar-refractivity contribution is 6.34. The van der Waals surface area contributed by atoms with Gasteiger partial charge in [-0.25, -0.2) is 0 Å². The highest BCUT2D eigenvalue weighted by atomic mass is 35.5. The number of nitrogens with one attached hydrogen (secondary N) is 1. The number of para-hydroxylation sites is 2. The van der Waals surface area contributed by atoms with Crippen LogP contribution in [0.5, 0.6) is 11.5 Å². The number of aryl methyl sites for hydroxylation is 2. The van der Waals surface area contributed by atoms with Crippen LogP contribution >= 0.6 is 46.4 Å². The summed E-state index contributed by atoms with van der Waals surface area (Å²) in [6.45, 7) is 0.112. The molecule has 2 aromatic heterocycles. The molecule has 4 aromatic carbocycles. The quantitative estimate of drug-likeness (QED) is 0.0315. The Bertz CT molecular complexity index is 3450. The summed E-state index contributed by atoms with van der Waals surface area (Å²) < 4.78 is 25.8. The summed E-state index contributed by atoms with van der Waals surface area (Å²) in [5.74, 6) is -1.21. The molecule has 0 aliphatic heterocycles. The molecule has 88 heavy (non-hydrogen) atoms. The Kier molecular flexibility index (Phi) is 22.0. The monoisotopic (exact) mass is 1280 g/mol. The molecule has 2 amide bonds. The first-order chi connectivity index (χ1) is 42.5. The van der Waals surface area contributed by atoms with Crippen LogP contribution in [0.4, 0.5) is 0 Å². The number of nitrogens with zero attached hydrogens (tertiary/aromatic N) is 5. The van der Waals surface area contributed by atoms with E-state index in [0.717, 1.165) is 131 Å². The lowest BCUT2D eigenvalue weighted by atomic mass is 9.96. The SMILES string of the molecule is CN(CCCCc1cc(Cl)c(COC2(c3cnccc3-c3ccccc3OC3CC3)CC2)cc1Cl)C(=O)CN(CCN(CC(=O)O)CC(=O)NCCCCCc1cc(Cl)c(COC2(c3cnccc3-c3ccccc3OC3CC3)CC2)cc1Cl)CC(=O)O. The molecule has 0 unspecified atom stereocenters. The van der Waals surface area contributed by atoms with Gasteiger partial charge in [0.2, 0.25) is 11.8 Å². The topological polar surface area (TPSA) is 193 Å². The smallest absolute Gasteiger partial charge is 0.317 e. The summed E-state index contributed by atoms with van der Waals surface area (Å²) in [4.78, 5) is 63.7. The molecular weight excluding hydrogens is 1200 g/mol. The zero-order valence-corrected chi connectivity index (χ0v) is 52.7. The van der Waals surface area contributed by atoms with E-state index in [1.165, 1.54) is 9.80 Å². The molecule has 0 radical (unpaired) electrons. The van der Waals surface area contributed by atoms with Crippen LogP contribution in [0.15, 0.2) is 110 Å². The van der Waals surface area contributed by atoms with E-state index in [9.17, 15) is 29.4 Å². The molecule has 16 nitrogen and oxygen atoms in total. The van der Waals surface area contributed by atoms with Crippen LogP contribution in [0, 0.1) is 0 Å². The van der Waals surface area contributed by atoms with Crippen LogP contribution in [0.25, 0.3) is 22.3 Å². The second-order valence-corrected chi connectivity index (χ2v) is 25.4. The number of rotatable bonds is 36. The second kappa shape index (κ2) is 30.0. The first-order valence-corrected chi connectivity index (χ1v) is 32.1. The van der Waals surface area contributed by atoms with E-state index >= 15 is 0 Å². The van der Waals surface area contributed by atoms with Gasteiger partial charge in [0.15, 0.2) is 0 Å². The number of hydrogen-bond donors (Lipinski definition) is 3. The van der Waals surface area contributed by atoms with Crippen molar-refractivity contribution in [1.29, 1.82) is 0 Å². The van der Waals surface area contributed by atoms with E-state index in [0.29, 0.717) is 65.3 Å². The Morgan fingerprint density at radius 3 is 1.45 bits per heavy atom. The first-order valence-electron chi connectivity index (χ1n) is 30.6. The molecule has 4 saturated carbocycles. The van der Waals surface area contributed by atoms with Crippen LogP contribution in [0.1, 0.15) is 117 Å². The minimum atomic E-state index is -1.14. The van der Waals surface area contributed by atoms with E-state index in [1.807, 2.05) is 85.2 Å². The fourth-order valence-corrected chi connectivity index (χ4v) is 12.1. The molecule has 466 valence electrons. The molecule has 4 aliphatic rings. The largest absolute Gasteiger partial charge is 0.490 e. The van der Waals surface area contributed by atoms with E-state index < -0.39 is 36.2 Å². The van der Waals surface area contributed by atoms with Gasteiger partial charge in [-0.15, -0.1) is 0 Å². The number of aliphatic carboxylic acids is 2. The minimum Gasteiger partial charge on any atom is -0.490 e. The van der Waals surface area contributed by atoms with Crippen molar-refractivity contribution in [2.45, 2.75) is 133 Å². The zero-order chi connectivity index (χ0) is 61.8. The van der Waals surface area contributed by atoms with Gasteiger partial charge in [-0.05, 0) is 172 Å². The Morgan fingerprint density at radius 2 is 0.989 bits per heavy atom. The molecule has 10 rings (SSSR count). The van der Waals surface area contributed by atoms with Crippen LogP contribution in [-0.2, 0) is 65.9 Å². The van der Waals surface area contributed by atoms with Gasteiger partial charge in [0.05, 0.1) is 62.8 Å². The summed E-state index contributed by atoms with van der Waals surface area (Å²) in [5.41, 5.74) is 8.57. The summed E-state index contributed by atoms with van der Waals surface area (Å²) in [6.07, 6.45) is 20.5. The van der Waals surface area contributed by atoms with Crippen molar-refractivity contribution in [1.82, 2.24) is 30.0 Å². The van der Waals surface area contributed by atoms with Crippen molar-refractivity contribution in [3.63, 3.8) is 0 Å². The van der Waals surface area contributed by atoms with Gasteiger partial charge in [0.1, 0.15) is 11.5 Å². The summed E-state index contributed by atoms with van der Waals surface area (Å²) >= 11 is 27.4. The maximum atomic E-state index is 13.4. The maximum Gasteiger partial charge on any atom is 0.317 e. The number of amides is 2. The van der Waals surface area contributed by atoms with Crippen molar-refractivity contribution in [3.05, 3.63) is 163 Å². The van der Waals surface area contributed by atoms with Gasteiger partial charge in [0, 0.05) is 100 Å². The Morgan fingerprint density at radius 1 is 0.545 bits per heavy atom. The number of carbonyl (C=O) groups is 4. The highest BCUT2D eigenvalue weighted by Crippen LogP contribution is 2.55. The average molecular weight is 1280 g/mol. The maximum absolute atomic E-state index is 13.4. The number of halogens is 4. The number of carboxylic acids is 2. The lowest BCUT2D eigenvalue weighted by Crippen LogP contribution is -2.46. The average Bonchev–Trinajstić information content (AvgIpc) is 1.77. The van der Waals surface area contributed by atoms with E-state index in [2.05, 4.69) is 27.4 Å². The third kappa shape index (κ3) is 17.7. The molecule has 0 atom stereocenters. The molecule has 0 bridgehead atoms. The third-order valence-corrected chi connectivity index (χ3v) is 18.1. The summed E-state index contributed by atoms with van der Waals surface area (Å²) in [5, 5.41) is 24.6. The van der Waals surface area contributed by atoms with Gasteiger partial charge in [-0.2, -0.15) is 0 Å². The number of hydrogen-bond acceptors (Lipinski definition) is 12. The number of benzene rings is 4. The molecule has 0 spiro atoms. The molecule has 4 aliphatic carbocycles. The van der Waals surface area contributed by atoms with E-state index in [1.54, 1.807) is 24.3 Å². The molecule has 4 fully saturated rings. The van der Waals surface area contributed by atoms with Crippen molar-refractivity contribution in [2.24, 2.45) is 0 Å². The van der Waals surface area contributed by atoms with Crippen molar-refractivity contribution < 1.29 is 48.3 Å². The number of unbranched alkanes of at least 4 members (excludes halogenated alkanes) is 3. The zero-order valence-electron chi connectivity index (χ0n) is 49.6. The number of likely N-dealkylation sites (N-methyl/N-ethyl adjacent to an activating group) is 1. The normalized spacial score (nSPS) is 15.5. The minimum absolute atomic E-state index is 0.0431. The van der Waals surface area contributed by atoms with E-state index in [-0.39, 0.29) is 63.4 Å². The first kappa shape index (κ1) is 64.6. The Hall–Kier alpha value is -6.34. The van der Waals surface area contributed by atoms with Crippen molar-refractivity contribution in [2.75, 3.05) is 59.4 Å². The molecule has 3 N–H and O–H groups in total. The number of ether oxygens (including phenoxy) is 4. The Labute approximate surface area is 534 Å². The fraction of sp³-hybridized carbons (Fsp3) is 0.441. The van der Waals surface area contributed by atoms with Gasteiger partial charge in [0.25, 0.3) is 0 Å². The molecule has 20 heteroatoms. The van der Waals surface area contributed by atoms with Gasteiger partial charge in [-0.3, -0.25) is 38.9 Å². The van der Waals surface area contributed by atoms with Crippen LogP contribution in [0.3, 0.4) is 0 Å². The van der Waals surface area contributed by atoms with Crippen molar-refractivity contribution in [3.8, 4) is 33.8 Å². The van der Waals surface area contributed by atoms with Gasteiger partial charge < -0.3 is 39.4 Å². The number of aromatic nitrogens is 2. The predicted octanol–water partition coefficient (Wildman–Crippen LogP) is 13.0. The molecule has 6 aromatic rings. The predicted molar refractivity (Wildman–Crippen MR) is 340 cm³/mol. The fourth-order valence-electron chi connectivity index (χ4n) is 11.1. The summed E-state index contributed by atoms with van der Waals surface area (Å²) in [6, 6.07) is 27.8. The van der Waals surface area contributed by atoms with Crippen molar-refractivity contribution >= 4 is 70.2 Å². The molecular formula is C68H76Cl4N6O10. The molecule has 2 heterocycles. The number of carboxylic acid groups (broad SMARTS) is 2. The lowest BCUT2D eigenvalue weighted by Gasteiger charge is -2.27.